The van der Waals surface area contributed by atoms with Gasteiger partial charge in [0, 0.05) is 0 Å². The molecule has 0 saturated heterocycles. The number of para-hydroxylation sites is 3. The molecule has 3 amide bonds. The summed E-state index contributed by atoms with van der Waals surface area (Å²) in [5, 5.41) is 5.46. The Kier molecular flexibility index (Phi) is 4.99. The Morgan fingerprint density at radius 3 is 2.07 bits per heavy atom. The first-order valence-corrected chi connectivity index (χ1v) is 9.42. The van der Waals surface area contributed by atoms with Crippen molar-refractivity contribution in [2.24, 2.45) is 0 Å². The standard InChI is InChI=1S/C22H16N4O3S/c23-16-10-4-5-11-17(16)24-22(30)25-19(27)15-9-3-6-12-18(15)26-20(28)13-7-1-2-8-14(13)21(26)29/h1-12H,23H2,(H2,24,25,27,30). The average Bonchev–Trinajstić information content (AvgIpc) is 3.00. The molecule has 0 fully saturated rings. The molecule has 0 aliphatic carbocycles. The highest BCUT2D eigenvalue weighted by Gasteiger charge is 2.38. The molecular weight excluding hydrogens is 400 g/mol. The zero-order chi connectivity index (χ0) is 21.3. The van der Waals surface area contributed by atoms with Crippen molar-refractivity contribution in [1.29, 1.82) is 0 Å². The number of hydrogen-bond donors (Lipinski definition) is 3. The van der Waals surface area contributed by atoms with E-state index in [-0.39, 0.29) is 16.4 Å². The number of nitrogens with one attached hydrogen (secondary N) is 2. The molecule has 3 aromatic rings. The third kappa shape index (κ3) is 3.40. The van der Waals surface area contributed by atoms with E-state index in [9.17, 15) is 14.4 Å². The SMILES string of the molecule is Nc1ccccc1NC(=S)NC(=O)c1ccccc1N1C(=O)c2ccccc2C1=O. The fourth-order valence-corrected chi connectivity index (χ4v) is 3.41. The van der Waals surface area contributed by atoms with Crippen molar-refractivity contribution in [1.82, 2.24) is 5.32 Å². The number of anilines is 3. The number of imide groups is 1. The van der Waals surface area contributed by atoms with Crippen LogP contribution in [0.5, 0.6) is 0 Å². The topological polar surface area (TPSA) is 105 Å². The predicted molar refractivity (Wildman–Crippen MR) is 119 cm³/mol. The van der Waals surface area contributed by atoms with Crippen LogP contribution in [0.25, 0.3) is 0 Å². The Bertz CT molecular complexity index is 1170. The summed E-state index contributed by atoms with van der Waals surface area (Å²) < 4.78 is 0. The zero-order valence-electron chi connectivity index (χ0n) is 15.6. The summed E-state index contributed by atoms with van der Waals surface area (Å²) in [6.07, 6.45) is 0. The quantitative estimate of drug-likeness (QED) is 0.344. The second-order valence-corrected chi connectivity index (χ2v) is 6.91. The summed E-state index contributed by atoms with van der Waals surface area (Å²) in [6.45, 7) is 0. The van der Waals surface area contributed by atoms with Crippen LogP contribution in [0.2, 0.25) is 0 Å². The van der Waals surface area contributed by atoms with Crippen LogP contribution in [0.4, 0.5) is 17.1 Å². The largest absolute Gasteiger partial charge is 0.397 e. The summed E-state index contributed by atoms with van der Waals surface area (Å²) in [6, 6.07) is 19.9. The summed E-state index contributed by atoms with van der Waals surface area (Å²) in [5.74, 6) is -1.52. The highest BCUT2D eigenvalue weighted by Crippen LogP contribution is 2.30. The maximum atomic E-state index is 12.9. The van der Waals surface area contributed by atoms with Gasteiger partial charge in [-0.1, -0.05) is 36.4 Å². The van der Waals surface area contributed by atoms with Crippen LogP contribution in [0.1, 0.15) is 31.1 Å². The molecule has 0 radical (unpaired) electrons. The van der Waals surface area contributed by atoms with Gasteiger partial charge < -0.3 is 11.1 Å². The number of fused-ring (bicyclic) bond motifs is 1. The zero-order valence-corrected chi connectivity index (χ0v) is 16.4. The number of amides is 3. The van der Waals surface area contributed by atoms with Gasteiger partial charge in [-0.25, -0.2) is 4.90 Å². The van der Waals surface area contributed by atoms with Gasteiger partial charge in [0.1, 0.15) is 0 Å². The van der Waals surface area contributed by atoms with Gasteiger partial charge in [0.25, 0.3) is 17.7 Å². The Hall–Kier alpha value is -4.04. The molecule has 0 unspecified atom stereocenters. The molecule has 0 saturated carbocycles. The molecule has 7 nitrogen and oxygen atoms in total. The van der Waals surface area contributed by atoms with Gasteiger partial charge in [-0.15, -0.1) is 0 Å². The van der Waals surface area contributed by atoms with Gasteiger partial charge in [-0.3, -0.25) is 19.7 Å². The van der Waals surface area contributed by atoms with Crippen molar-refractivity contribution < 1.29 is 14.4 Å². The van der Waals surface area contributed by atoms with Gasteiger partial charge in [0.05, 0.1) is 33.8 Å². The van der Waals surface area contributed by atoms with Crippen LogP contribution in [0.3, 0.4) is 0 Å². The molecule has 1 heterocycles. The fourth-order valence-electron chi connectivity index (χ4n) is 3.20. The van der Waals surface area contributed by atoms with Crippen molar-refractivity contribution in [3.8, 4) is 0 Å². The number of rotatable bonds is 3. The molecule has 0 spiro atoms. The molecule has 148 valence electrons. The van der Waals surface area contributed by atoms with E-state index < -0.39 is 17.7 Å². The number of nitrogens with zero attached hydrogens (tertiary/aromatic N) is 1. The summed E-state index contributed by atoms with van der Waals surface area (Å²) in [4.78, 5) is 39.5. The number of carbonyl (C=O) groups is 3. The molecule has 8 heteroatoms. The van der Waals surface area contributed by atoms with Crippen molar-refractivity contribution in [2.45, 2.75) is 0 Å². The number of nitrogen functional groups attached to an aromatic ring is 1. The number of thiocarbonyl (C=S) groups is 1. The van der Waals surface area contributed by atoms with Crippen LogP contribution in [-0.2, 0) is 0 Å². The summed E-state index contributed by atoms with van der Waals surface area (Å²) >= 11 is 5.21. The number of hydrogen-bond acceptors (Lipinski definition) is 5. The minimum atomic E-state index is -0.561. The molecular formula is C22H16N4O3S. The van der Waals surface area contributed by atoms with E-state index in [1.54, 1.807) is 66.7 Å². The Morgan fingerprint density at radius 1 is 0.833 bits per heavy atom. The van der Waals surface area contributed by atoms with Gasteiger partial charge in [0.15, 0.2) is 5.11 Å². The Balaban J connectivity index is 1.59. The lowest BCUT2D eigenvalue weighted by molar-refractivity contribution is 0.0926. The van der Waals surface area contributed by atoms with E-state index in [0.29, 0.717) is 22.5 Å². The molecule has 3 aromatic carbocycles. The van der Waals surface area contributed by atoms with Crippen LogP contribution in [0.15, 0.2) is 72.8 Å². The lowest BCUT2D eigenvalue weighted by atomic mass is 10.1. The maximum absolute atomic E-state index is 12.9. The average molecular weight is 416 g/mol. The molecule has 4 rings (SSSR count). The normalized spacial score (nSPS) is 12.5. The van der Waals surface area contributed by atoms with E-state index >= 15 is 0 Å². The maximum Gasteiger partial charge on any atom is 0.266 e. The van der Waals surface area contributed by atoms with Crippen molar-refractivity contribution in [2.75, 3.05) is 16.0 Å². The predicted octanol–water partition coefficient (Wildman–Crippen LogP) is 3.20. The highest BCUT2D eigenvalue weighted by molar-refractivity contribution is 7.80. The first-order valence-electron chi connectivity index (χ1n) is 9.01. The number of carbonyl (C=O) groups excluding carboxylic acids is 3. The van der Waals surface area contributed by atoms with Crippen LogP contribution in [-0.4, -0.2) is 22.8 Å². The Morgan fingerprint density at radius 2 is 1.40 bits per heavy atom. The van der Waals surface area contributed by atoms with Crippen molar-refractivity contribution >= 4 is 52.1 Å². The summed E-state index contributed by atoms with van der Waals surface area (Å²) in [7, 11) is 0. The van der Waals surface area contributed by atoms with Gasteiger partial charge in [-0.05, 0) is 48.6 Å². The molecule has 0 bridgehead atoms. The van der Waals surface area contributed by atoms with Gasteiger partial charge in [-0.2, -0.15) is 0 Å². The lowest BCUT2D eigenvalue weighted by Gasteiger charge is -2.18. The highest BCUT2D eigenvalue weighted by atomic mass is 32.1. The smallest absolute Gasteiger partial charge is 0.266 e. The fraction of sp³-hybridized carbons (Fsp3) is 0. The van der Waals surface area contributed by atoms with Crippen molar-refractivity contribution in [3.05, 3.63) is 89.5 Å². The second kappa shape index (κ2) is 7.76. The Labute approximate surface area is 177 Å². The van der Waals surface area contributed by atoms with Gasteiger partial charge in [0.2, 0.25) is 0 Å². The van der Waals surface area contributed by atoms with E-state index in [2.05, 4.69) is 10.6 Å². The second-order valence-electron chi connectivity index (χ2n) is 6.50. The van der Waals surface area contributed by atoms with Crippen LogP contribution >= 0.6 is 12.2 Å². The lowest BCUT2D eigenvalue weighted by Crippen LogP contribution is -2.37. The minimum absolute atomic E-state index is 0.0371. The van der Waals surface area contributed by atoms with Gasteiger partial charge >= 0.3 is 0 Å². The number of nitrogens with two attached hydrogens (primary N) is 1. The third-order valence-electron chi connectivity index (χ3n) is 4.62. The number of benzene rings is 3. The van der Waals surface area contributed by atoms with Crippen LogP contribution in [0, 0.1) is 0 Å². The molecule has 4 N–H and O–H groups in total. The first kappa shape index (κ1) is 19.3. The molecule has 0 atom stereocenters. The molecule has 30 heavy (non-hydrogen) atoms. The minimum Gasteiger partial charge on any atom is -0.397 e. The van der Waals surface area contributed by atoms with E-state index in [1.165, 1.54) is 6.07 Å². The first-order chi connectivity index (χ1) is 14.5. The van der Waals surface area contributed by atoms with Crippen LogP contribution < -0.4 is 21.3 Å². The van der Waals surface area contributed by atoms with E-state index in [4.69, 9.17) is 18.0 Å². The van der Waals surface area contributed by atoms with E-state index in [0.717, 1.165) is 4.90 Å². The third-order valence-corrected chi connectivity index (χ3v) is 4.82. The van der Waals surface area contributed by atoms with Crippen molar-refractivity contribution in [3.63, 3.8) is 0 Å². The molecule has 1 aliphatic rings. The monoisotopic (exact) mass is 416 g/mol. The van der Waals surface area contributed by atoms with E-state index in [1.807, 2.05) is 0 Å². The molecule has 1 aliphatic heterocycles. The summed E-state index contributed by atoms with van der Waals surface area (Å²) in [5.41, 5.74) is 7.82. The molecule has 0 aromatic heterocycles.